The Bertz CT molecular complexity index is 662. The average Bonchev–Trinajstić information content (AvgIpc) is 3.08. The van der Waals surface area contributed by atoms with E-state index in [9.17, 15) is 14.4 Å². The summed E-state index contributed by atoms with van der Waals surface area (Å²) < 4.78 is 5.46. The number of rotatable bonds is 5. The van der Waals surface area contributed by atoms with Crippen molar-refractivity contribution in [3.8, 4) is 0 Å². The molecule has 1 aliphatic heterocycles. The van der Waals surface area contributed by atoms with Crippen LogP contribution >= 0.6 is 15.9 Å². The number of carbonyl (C=O) groups is 3. The fourth-order valence-corrected chi connectivity index (χ4v) is 3.43. The summed E-state index contributed by atoms with van der Waals surface area (Å²) >= 11 is 3.35. The summed E-state index contributed by atoms with van der Waals surface area (Å²) in [6, 6.07) is 5.77. The third kappa shape index (κ3) is 4.39. The number of amides is 2. The van der Waals surface area contributed by atoms with Crippen molar-refractivity contribution in [3.63, 3.8) is 0 Å². The number of nitrogens with zero attached hydrogens (tertiary/aromatic N) is 1. The molecule has 0 aromatic heterocycles. The van der Waals surface area contributed by atoms with Crippen molar-refractivity contribution in [2.45, 2.75) is 38.8 Å². The number of halogens is 1. The van der Waals surface area contributed by atoms with Crippen LogP contribution in [-0.4, -0.2) is 48.4 Å². The van der Waals surface area contributed by atoms with Crippen LogP contribution < -0.4 is 5.32 Å². The van der Waals surface area contributed by atoms with Gasteiger partial charge in [-0.05, 0) is 46.8 Å². The molecule has 1 aromatic rings. The second-order valence-electron chi connectivity index (χ2n) is 6.39. The fraction of sp³-hybridized carbons (Fsp3) is 0.500. The van der Waals surface area contributed by atoms with Crippen molar-refractivity contribution in [1.82, 2.24) is 10.2 Å². The van der Waals surface area contributed by atoms with Gasteiger partial charge in [0.1, 0.15) is 12.1 Å². The van der Waals surface area contributed by atoms with Crippen LogP contribution in [0.5, 0.6) is 0 Å². The minimum atomic E-state index is -0.704. The predicted molar refractivity (Wildman–Crippen MR) is 97.0 cm³/mol. The van der Waals surface area contributed by atoms with E-state index in [2.05, 4.69) is 21.2 Å². The topological polar surface area (TPSA) is 75.7 Å². The van der Waals surface area contributed by atoms with Gasteiger partial charge in [0.05, 0.1) is 12.7 Å². The van der Waals surface area contributed by atoms with Crippen molar-refractivity contribution < 1.29 is 19.1 Å². The quantitative estimate of drug-likeness (QED) is 0.755. The summed E-state index contributed by atoms with van der Waals surface area (Å²) in [5, 5.41) is 2.82. The number of ether oxygens (including phenoxy) is 1. The van der Waals surface area contributed by atoms with Crippen molar-refractivity contribution in [2.75, 3.05) is 13.7 Å². The minimum Gasteiger partial charge on any atom is -0.467 e. The van der Waals surface area contributed by atoms with Gasteiger partial charge < -0.3 is 15.0 Å². The van der Waals surface area contributed by atoms with Crippen LogP contribution in [0.3, 0.4) is 0 Å². The second-order valence-corrected chi connectivity index (χ2v) is 7.24. The first-order valence-electron chi connectivity index (χ1n) is 8.30. The maximum absolute atomic E-state index is 13.0. The summed E-state index contributed by atoms with van der Waals surface area (Å²) in [4.78, 5) is 39.0. The van der Waals surface area contributed by atoms with Gasteiger partial charge in [-0.3, -0.25) is 9.59 Å². The van der Waals surface area contributed by atoms with E-state index in [0.29, 0.717) is 23.0 Å². The third-order valence-electron chi connectivity index (χ3n) is 4.35. The first-order chi connectivity index (χ1) is 11.9. The Labute approximate surface area is 156 Å². The van der Waals surface area contributed by atoms with Gasteiger partial charge in [0.15, 0.2) is 0 Å². The number of methoxy groups -OCH3 is 1. The molecule has 6 nitrogen and oxygen atoms in total. The lowest BCUT2D eigenvalue weighted by Crippen LogP contribution is -2.54. The Morgan fingerprint density at radius 2 is 1.96 bits per heavy atom. The van der Waals surface area contributed by atoms with Crippen molar-refractivity contribution in [1.29, 1.82) is 0 Å². The van der Waals surface area contributed by atoms with E-state index in [4.69, 9.17) is 4.74 Å². The van der Waals surface area contributed by atoms with Crippen molar-refractivity contribution >= 4 is 33.7 Å². The summed E-state index contributed by atoms with van der Waals surface area (Å²) in [7, 11) is 1.32. The number of carbonyl (C=O) groups excluding carboxylic acids is 3. The zero-order valence-corrected chi connectivity index (χ0v) is 16.2. The highest BCUT2D eigenvalue weighted by atomic mass is 79.9. The van der Waals surface area contributed by atoms with Crippen LogP contribution in [0.15, 0.2) is 28.7 Å². The summed E-state index contributed by atoms with van der Waals surface area (Å²) in [6.45, 7) is 4.23. The normalized spacial score (nSPS) is 18.1. The lowest BCUT2D eigenvalue weighted by Gasteiger charge is -2.30. The number of benzene rings is 1. The molecule has 0 bridgehead atoms. The van der Waals surface area contributed by atoms with Gasteiger partial charge in [-0.15, -0.1) is 0 Å². The molecule has 1 saturated heterocycles. The monoisotopic (exact) mass is 410 g/mol. The molecule has 1 aromatic carbocycles. The molecule has 0 radical (unpaired) electrons. The highest BCUT2D eigenvalue weighted by Gasteiger charge is 2.39. The molecule has 7 heteroatoms. The maximum Gasteiger partial charge on any atom is 0.328 e. The fourth-order valence-electron chi connectivity index (χ4n) is 2.97. The molecule has 0 aliphatic carbocycles. The van der Waals surface area contributed by atoms with Crippen molar-refractivity contribution in [2.24, 2.45) is 5.92 Å². The lowest BCUT2D eigenvalue weighted by molar-refractivity contribution is -0.151. The third-order valence-corrected chi connectivity index (χ3v) is 5.04. The van der Waals surface area contributed by atoms with Crippen LogP contribution in [-0.2, 0) is 14.3 Å². The minimum absolute atomic E-state index is 0.113. The molecule has 2 rings (SSSR count). The van der Waals surface area contributed by atoms with Crippen LogP contribution in [0.1, 0.15) is 37.0 Å². The van der Waals surface area contributed by atoms with E-state index in [1.807, 2.05) is 19.9 Å². The van der Waals surface area contributed by atoms with E-state index < -0.39 is 18.1 Å². The van der Waals surface area contributed by atoms with Gasteiger partial charge >= 0.3 is 5.97 Å². The SMILES string of the molecule is COC(=O)[C@@H]1CCCN1C(=O)[C@@H](NC(=O)c1ccccc1Br)C(C)C. The van der Waals surface area contributed by atoms with Gasteiger partial charge in [-0.1, -0.05) is 26.0 Å². The predicted octanol–water partition coefficient (Wildman–Crippen LogP) is 2.37. The molecular weight excluding hydrogens is 388 g/mol. The zero-order chi connectivity index (χ0) is 18.6. The van der Waals surface area contributed by atoms with E-state index in [1.165, 1.54) is 12.0 Å². The molecule has 2 amide bonds. The van der Waals surface area contributed by atoms with E-state index in [0.717, 1.165) is 6.42 Å². The van der Waals surface area contributed by atoms with Gasteiger partial charge in [0.2, 0.25) is 5.91 Å². The largest absolute Gasteiger partial charge is 0.467 e. The Balaban J connectivity index is 2.17. The van der Waals surface area contributed by atoms with E-state index in [1.54, 1.807) is 18.2 Å². The second kappa shape index (κ2) is 8.47. The number of likely N-dealkylation sites (tertiary alicyclic amines) is 1. The molecule has 1 aliphatic rings. The van der Waals surface area contributed by atoms with E-state index >= 15 is 0 Å². The Morgan fingerprint density at radius 1 is 1.28 bits per heavy atom. The Morgan fingerprint density at radius 3 is 2.56 bits per heavy atom. The van der Waals surface area contributed by atoms with Gasteiger partial charge in [-0.25, -0.2) is 4.79 Å². The molecule has 1 fully saturated rings. The summed E-state index contributed by atoms with van der Waals surface area (Å²) in [6.07, 6.45) is 1.33. The highest BCUT2D eigenvalue weighted by molar-refractivity contribution is 9.10. The molecule has 0 saturated carbocycles. The summed E-state index contributed by atoms with van der Waals surface area (Å²) in [5.41, 5.74) is 0.465. The molecular formula is C18H23BrN2O4. The standard InChI is InChI=1S/C18H23BrN2O4/c1-11(2)15(20-16(22)12-7-4-5-8-13(12)19)17(23)21-10-6-9-14(21)18(24)25-3/h4-5,7-8,11,14-15H,6,9-10H2,1-3H3,(H,20,22)/t14-,15-/m0/s1. The molecule has 0 unspecified atom stereocenters. The van der Waals surface area contributed by atoms with Crippen LogP contribution in [0.25, 0.3) is 0 Å². The summed E-state index contributed by atoms with van der Waals surface area (Å²) in [5.74, 6) is -1.10. The van der Waals surface area contributed by atoms with Crippen LogP contribution in [0.2, 0.25) is 0 Å². The Kier molecular flexibility index (Phi) is 6.58. The van der Waals surface area contributed by atoms with E-state index in [-0.39, 0.29) is 17.7 Å². The molecule has 2 atom stereocenters. The molecule has 136 valence electrons. The van der Waals surface area contributed by atoms with Crippen LogP contribution in [0, 0.1) is 5.92 Å². The zero-order valence-electron chi connectivity index (χ0n) is 14.6. The maximum atomic E-state index is 13.0. The number of hydrogen-bond donors (Lipinski definition) is 1. The smallest absolute Gasteiger partial charge is 0.328 e. The highest BCUT2D eigenvalue weighted by Crippen LogP contribution is 2.22. The van der Waals surface area contributed by atoms with Gasteiger partial charge in [0.25, 0.3) is 5.91 Å². The van der Waals surface area contributed by atoms with Crippen molar-refractivity contribution in [3.05, 3.63) is 34.3 Å². The first kappa shape index (κ1) is 19.4. The number of esters is 1. The number of nitrogens with one attached hydrogen (secondary N) is 1. The number of hydrogen-bond acceptors (Lipinski definition) is 4. The van der Waals surface area contributed by atoms with Gasteiger partial charge in [-0.2, -0.15) is 0 Å². The van der Waals surface area contributed by atoms with Crippen LogP contribution in [0.4, 0.5) is 0 Å². The molecule has 1 heterocycles. The molecule has 0 spiro atoms. The lowest BCUT2D eigenvalue weighted by atomic mass is 10.0. The Hall–Kier alpha value is -1.89. The van der Waals surface area contributed by atoms with Gasteiger partial charge in [0, 0.05) is 11.0 Å². The molecule has 1 N–H and O–H groups in total. The molecule has 25 heavy (non-hydrogen) atoms. The average molecular weight is 411 g/mol. The first-order valence-corrected chi connectivity index (χ1v) is 9.09.